The third-order valence-electron chi connectivity index (χ3n) is 2.34. The van der Waals surface area contributed by atoms with Gasteiger partial charge in [0, 0.05) is 13.2 Å². The minimum absolute atomic E-state index is 0.0588. The van der Waals surface area contributed by atoms with Gasteiger partial charge in [0.1, 0.15) is 0 Å². The van der Waals surface area contributed by atoms with Crippen molar-refractivity contribution >= 4 is 0 Å². The standard InChI is InChI=1S/C12H24N2O/c1-4-6-11(3)10-15-8-7-12(9-13)14-5-2/h11-12,14H,4-8,10H2,1-3H3. The van der Waals surface area contributed by atoms with Gasteiger partial charge in [0.25, 0.3) is 0 Å². The summed E-state index contributed by atoms with van der Waals surface area (Å²) in [5, 5.41) is 11.9. The highest BCUT2D eigenvalue weighted by Crippen LogP contribution is 2.05. The Morgan fingerprint density at radius 1 is 1.33 bits per heavy atom. The Bertz CT molecular complexity index is 177. The van der Waals surface area contributed by atoms with Crippen LogP contribution in [-0.2, 0) is 4.74 Å². The first-order valence-electron chi connectivity index (χ1n) is 5.95. The van der Waals surface area contributed by atoms with Gasteiger partial charge in [-0.3, -0.25) is 0 Å². The van der Waals surface area contributed by atoms with Crippen LogP contribution in [0.3, 0.4) is 0 Å². The maximum atomic E-state index is 8.78. The molecule has 0 aliphatic carbocycles. The van der Waals surface area contributed by atoms with Crippen LogP contribution in [0.15, 0.2) is 0 Å². The summed E-state index contributed by atoms with van der Waals surface area (Å²) >= 11 is 0. The third-order valence-corrected chi connectivity index (χ3v) is 2.34. The minimum Gasteiger partial charge on any atom is -0.381 e. The van der Waals surface area contributed by atoms with Gasteiger partial charge < -0.3 is 10.1 Å². The van der Waals surface area contributed by atoms with E-state index in [2.05, 4.69) is 25.2 Å². The molecule has 0 aromatic heterocycles. The Labute approximate surface area is 93.8 Å². The van der Waals surface area contributed by atoms with E-state index in [0.717, 1.165) is 19.6 Å². The maximum Gasteiger partial charge on any atom is 0.0974 e. The molecule has 0 saturated carbocycles. The van der Waals surface area contributed by atoms with Crippen molar-refractivity contribution in [3.63, 3.8) is 0 Å². The van der Waals surface area contributed by atoms with Gasteiger partial charge in [-0.1, -0.05) is 27.2 Å². The monoisotopic (exact) mass is 212 g/mol. The molecule has 0 aromatic carbocycles. The topological polar surface area (TPSA) is 45.0 Å². The zero-order chi connectivity index (χ0) is 11.5. The van der Waals surface area contributed by atoms with Crippen molar-refractivity contribution in [2.45, 2.75) is 46.1 Å². The molecule has 0 heterocycles. The third kappa shape index (κ3) is 8.41. The zero-order valence-corrected chi connectivity index (χ0v) is 10.3. The fraction of sp³-hybridized carbons (Fsp3) is 0.917. The first kappa shape index (κ1) is 14.4. The zero-order valence-electron chi connectivity index (χ0n) is 10.3. The summed E-state index contributed by atoms with van der Waals surface area (Å²) < 4.78 is 5.54. The number of nitrogens with zero attached hydrogens (tertiary/aromatic N) is 1. The fourth-order valence-corrected chi connectivity index (χ4v) is 1.52. The molecule has 0 spiro atoms. The summed E-state index contributed by atoms with van der Waals surface area (Å²) in [6, 6.07) is 2.17. The van der Waals surface area contributed by atoms with Crippen LogP contribution in [0.25, 0.3) is 0 Å². The molecule has 2 unspecified atom stereocenters. The van der Waals surface area contributed by atoms with E-state index in [1.807, 2.05) is 6.92 Å². The molecule has 0 aliphatic heterocycles. The Morgan fingerprint density at radius 3 is 2.60 bits per heavy atom. The van der Waals surface area contributed by atoms with Crippen LogP contribution in [0.1, 0.15) is 40.0 Å². The number of nitriles is 1. The lowest BCUT2D eigenvalue weighted by molar-refractivity contribution is 0.0968. The fourth-order valence-electron chi connectivity index (χ4n) is 1.52. The van der Waals surface area contributed by atoms with Gasteiger partial charge in [-0.25, -0.2) is 0 Å². The van der Waals surface area contributed by atoms with E-state index in [0.29, 0.717) is 12.5 Å². The molecular weight excluding hydrogens is 188 g/mol. The molecule has 3 heteroatoms. The van der Waals surface area contributed by atoms with Gasteiger partial charge in [-0.05, 0) is 25.3 Å². The second kappa shape index (κ2) is 9.95. The average molecular weight is 212 g/mol. The summed E-state index contributed by atoms with van der Waals surface area (Å²) in [6.45, 7) is 8.74. The molecule has 1 N–H and O–H groups in total. The van der Waals surface area contributed by atoms with E-state index in [1.54, 1.807) is 0 Å². The molecule has 0 amide bonds. The molecule has 0 saturated heterocycles. The van der Waals surface area contributed by atoms with E-state index < -0.39 is 0 Å². The second-order valence-electron chi connectivity index (χ2n) is 4.00. The van der Waals surface area contributed by atoms with Crippen molar-refractivity contribution in [3.05, 3.63) is 0 Å². The summed E-state index contributed by atoms with van der Waals surface area (Å²) in [5.74, 6) is 0.634. The van der Waals surface area contributed by atoms with Gasteiger partial charge in [-0.2, -0.15) is 5.26 Å². The summed E-state index contributed by atoms with van der Waals surface area (Å²) in [4.78, 5) is 0. The van der Waals surface area contributed by atoms with Crippen molar-refractivity contribution in [1.82, 2.24) is 5.32 Å². The summed E-state index contributed by atoms with van der Waals surface area (Å²) in [7, 11) is 0. The Morgan fingerprint density at radius 2 is 2.07 bits per heavy atom. The quantitative estimate of drug-likeness (QED) is 0.597. The van der Waals surface area contributed by atoms with Gasteiger partial charge >= 0.3 is 0 Å². The number of nitrogens with one attached hydrogen (secondary N) is 1. The first-order valence-corrected chi connectivity index (χ1v) is 5.95. The van der Waals surface area contributed by atoms with E-state index in [4.69, 9.17) is 10.00 Å². The highest BCUT2D eigenvalue weighted by atomic mass is 16.5. The van der Waals surface area contributed by atoms with Gasteiger partial charge in [0.15, 0.2) is 0 Å². The minimum atomic E-state index is -0.0588. The highest BCUT2D eigenvalue weighted by Gasteiger charge is 2.05. The average Bonchev–Trinajstić information content (AvgIpc) is 2.23. The molecule has 0 fully saturated rings. The van der Waals surface area contributed by atoms with Gasteiger partial charge in [0.05, 0.1) is 12.1 Å². The van der Waals surface area contributed by atoms with Crippen molar-refractivity contribution in [3.8, 4) is 6.07 Å². The predicted molar refractivity (Wildman–Crippen MR) is 62.6 cm³/mol. The van der Waals surface area contributed by atoms with E-state index in [9.17, 15) is 0 Å². The van der Waals surface area contributed by atoms with E-state index in [1.165, 1.54) is 12.8 Å². The van der Waals surface area contributed by atoms with Crippen LogP contribution in [-0.4, -0.2) is 25.8 Å². The molecule has 15 heavy (non-hydrogen) atoms. The number of ether oxygens (including phenoxy) is 1. The molecule has 0 radical (unpaired) electrons. The molecule has 0 aromatic rings. The lowest BCUT2D eigenvalue weighted by Crippen LogP contribution is -2.28. The highest BCUT2D eigenvalue weighted by molar-refractivity contribution is 4.88. The van der Waals surface area contributed by atoms with Gasteiger partial charge in [-0.15, -0.1) is 0 Å². The van der Waals surface area contributed by atoms with Crippen LogP contribution >= 0.6 is 0 Å². The van der Waals surface area contributed by atoms with Crippen LogP contribution in [0.4, 0.5) is 0 Å². The summed E-state index contributed by atoms with van der Waals surface area (Å²) in [6.07, 6.45) is 3.21. The van der Waals surface area contributed by atoms with Crippen LogP contribution in [0.2, 0.25) is 0 Å². The number of rotatable bonds is 9. The molecule has 0 bridgehead atoms. The van der Waals surface area contributed by atoms with Crippen LogP contribution in [0, 0.1) is 17.2 Å². The molecule has 0 aliphatic rings. The van der Waals surface area contributed by atoms with Crippen molar-refractivity contribution in [2.24, 2.45) is 5.92 Å². The SMILES string of the molecule is CCCC(C)COCCC(C#N)NCC. The van der Waals surface area contributed by atoms with Crippen LogP contribution < -0.4 is 5.32 Å². The van der Waals surface area contributed by atoms with Crippen molar-refractivity contribution in [1.29, 1.82) is 5.26 Å². The number of hydrogen-bond donors (Lipinski definition) is 1. The van der Waals surface area contributed by atoms with E-state index in [-0.39, 0.29) is 6.04 Å². The first-order chi connectivity index (χ1) is 7.24. The Balaban J connectivity index is 3.40. The summed E-state index contributed by atoms with van der Waals surface area (Å²) in [5.41, 5.74) is 0. The van der Waals surface area contributed by atoms with Crippen LogP contribution in [0.5, 0.6) is 0 Å². The molecule has 0 rings (SSSR count). The number of hydrogen-bond acceptors (Lipinski definition) is 3. The Kier molecular flexibility index (Phi) is 9.55. The molecule has 3 nitrogen and oxygen atoms in total. The van der Waals surface area contributed by atoms with Crippen molar-refractivity contribution < 1.29 is 4.74 Å². The van der Waals surface area contributed by atoms with Crippen molar-refractivity contribution in [2.75, 3.05) is 19.8 Å². The normalized spacial score (nSPS) is 14.5. The second-order valence-corrected chi connectivity index (χ2v) is 4.00. The molecule has 2 atom stereocenters. The smallest absolute Gasteiger partial charge is 0.0974 e. The maximum absolute atomic E-state index is 8.78. The predicted octanol–water partition coefficient (Wildman–Crippen LogP) is 2.33. The molecular formula is C12H24N2O. The Hall–Kier alpha value is -0.590. The molecule has 88 valence electrons. The lowest BCUT2D eigenvalue weighted by Gasteiger charge is -2.12. The van der Waals surface area contributed by atoms with E-state index >= 15 is 0 Å². The largest absolute Gasteiger partial charge is 0.381 e. The lowest BCUT2D eigenvalue weighted by atomic mass is 10.1. The van der Waals surface area contributed by atoms with Gasteiger partial charge in [0.2, 0.25) is 0 Å².